The molecule has 2 aromatic rings. The van der Waals surface area contributed by atoms with E-state index in [9.17, 15) is 4.79 Å². The van der Waals surface area contributed by atoms with Gasteiger partial charge in [-0.15, -0.1) is 0 Å². The van der Waals surface area contributed by atoms with E-state index >= 15 is 0 Å². The number of allylic oxidation sites excluding steroid dienone is 1. The highest BCUT2D eigenvalue weighted by Crippen LogP contribution is 2.12. The zero-order chi connectivity index (χ0) is 14.5. The Balaban J connectivity index is 2.04. The molecule has 0 bridgehead atoms. The summed E-state index contributed by atoms with van der Waals surface area (Å²) in [6.45, 7) is 6.09. The normalized spacial score (nSPS) is 10.8. The third kappa shape index (κ3) is 3.58. The van der Waals surface area contributed by atoms with Gasteiger partial charge in [-0.3, -0.25) is 4.79 Å². The van der Waals surface area contributed by atoms with Gasteiger partial charge >= 0.3 is 0 Å². The van der Waals surface area contributed by atoms with Crippen LogP contribution in [-0.4, -0.2) is 5.78 Å². The molecule has 0 radical (unpaired) electrons. The maximum Gasteiger partial charge on any atom is 0.187 e. The molecule has 0 atom stereocenters. The van der Waals surface area contributed by atoms with Crippen molar-refractivity contribution in [3.05, 3.63) is 77.0 Å². The van der Waals surface area contributed by atoms with E-state index in [1.807, 2.05) is 63.2 Å². The van der Waals surface area contributed by atoms with E-state index < -0.39 is 0 Å². The van der Waals surface area contributed by atoms with Crippen molar-refractivity contribution in [3.63, 3.8) is 0 Å². The molecule has 0 aromatic heterocycles. The van der Waals surface area contributed by atoms with Gasteiger partial charge in [-0.2, -0.15) is 0 Å². The molecule has 0 saturated carbocycles. The average molecular weight is 265 g/mol. The summed E-state index contributed by atoms with van der Waals surface area (Å²) in [6, 6.07) is 13.8. The summed E-state index contributed by atoms with van der Waals surface area (Å²) in [4.78, 5) is 12.0. The standard InChI is InChI=1S/C18H19NO/c1-13-5-4-6-17(11-13)19-10-9-18(20)16-8-7-14(2)15(3)12-16/h4-12,19H,1-3H3/b10-9-. The minimum atomic E-state index is 0.00764. The van der Waals surface area contributed by atoms with Crippen LogP contribution in [0.1, 0.15) is 27.0 Å². The third-order valence-corrected chi connectivity index (χ3v) is 3.29. The van der Waals surface area contributed by atoms with Crippen molar-refractivity contribution in [2.45, 2.75) is 20.8 Å². The Morgan fingerprint density at radius 2 is 1.80 bits per heavy atom. The second kappa shape index (κ2) is 6.20. The van der Waals surface area contributed by atoms with E-state index in [1.165, 1.54) is 11.1 Å². The Hall–Kier alpha value is -2.35. The molecule has 0 unspecified atom stereocenters. The number of aryl methyl sites for hydroxylation is 3. The smallest absolute Gasteiger partial charge is 0.187 e. The first kappa shape index (κ1) is 14.1. The topological polar surface area (TPSA) is 29.1 Å². The van der Waals surface area contributed by atoms with E-state index in [2.05, 4.69) is 5.32 Å². The number of benzene rings is 2. The molecule has 0 saturated heterocycles. The highest BCUT2D eigenvalue weighted by molar-refractivity contribution is 6.04. The number of hydrogen-bond donors (Lipinski definition) is 1. The quantitative estimate of drug-likeness (QED) is 0.655. The Labute approximate surface area is 120 Å². The summed E-state index contributed by atoms with van der Waals surface area (Å²) >= 11 is 0. The van der Waals surface area contributed by atoms with E-state index in [4.69, 9.17) is 0 Å². The van der Waals surface area contributed by atoms with Gasteiger partial charge in [0.25, 0.3) is 0 Å². The van der Waals surface area contributed by atoms with Gasteiger partial charge in [0.15, 0.2) is 5.78 Å². The van der Waals surface area contributed by atoms with Crippen LogP contribution in [0.4, 0.5) is 5.69 Å². The maximum absolute atomic E-state index is 12.0. The number of carbonyl (C=O) groups is 1. The molecular formula is C18H19NO. The lowest BCUT2D eigenvalue weighted by Gasteiger charge is -2.03. The Morgan fingerprint density at radius 3 is 2.50 bits per heavy atom. The first-order valence-corrected chi connectivity index (χ1v) is 6.67. The van der Waals surface area contributed by atoms with Gasteiger partial charge in [-0.25, -0.2) is 0 Å². The molecule has 2 heteroatoms. The van der Waals surface area contributed by atoms with Crippen LogP contribution < -0.4 is 5.32 Å². The van der Waals surface area contributed by atoms with Crippen molar-refractivity contribution in [3.8, 4) is 0 Å². The van der Waals surface area contributed by atoms with Crippen LogP contribution in [0.2, 0.25) is 0 Å². The summed E-state index contributed by atoms with van der Waals surface area (Å²) in [5, 5.41) is 3.11. The van der Waals surface area contributed by atoms with E-state index in [1.54, 1.807) is 12.3 Å². The van der Waals surface area contributed by atoms with E-state index in [0.717, 1.165) is 16.8 Å². The largest absolute Gasteiger partial charge is 0.362 e. The van der Waals surface area contributed by atoms with Gasteiger partial charge in [-0.1, -0.05) is 24.3 Å². The SMILES string of the molecule is Cc1cccc(N/C=C\C(=O)c2ccc(C)c(C)c2)c1. The molecule has 20 heavy (non-hydrogen) atoms. The minimum absolute atomic E-state index is 0.00764. The van der Waals surface area contributed by atoms with Crippen LogP contribution in [0, 0.1) is 20.8 Å². The average Bonchev–Trinajstić information content (AvgIpc) is 2.42. The van der Waals surface area contributed by atoms with Crippen molar-refractivity contribution >= 4 is 11.5 Å². The number of nitrogens with one attached hydrogen (secondary N) is 1. The zero-order valence-corrected chi connectivity index (χ0v) is 12.1. The summed E-state index contributed by atoms with van der Waals surface area (Å²) in [7, 11) is 0. The summed E-state index contributed by atoms with van der Waals surface area (Å²) in [6.07, 6.45) is 3.25. The van der Waals surface area contributed by atoms with Gasteiger partial charge in [-0.05, 0) is 55.7 Å². The highest BCUT2D eigenvalue weighted by Gasteiger charge is 2.02. The summed E-state index contributed by atoms with van der Waals surface area (Å²) < 4.78 is 0. The summed E-state index contributed by atoms with van der Waals surface area (Å²) in [5.74, 6) is 0.00764. The molecule has 0 aliphatic heterocycles. The van der Waals surface area contributed by atoms with Crippen LogP contribution in [0.25, 0.3) is 0 Å². The van der Waals surface area contributed by atoms with Crippen molar-refractivity contribution < 1.29 is 4.79 Å². The molecule has 0 amide bonds. The highest BCUT2D eigenvalue weighted by atomic mass is 16.1. The van der Waals surface area contributed by atoms with E-state index in [0.29, 0.717) is 0 Å². The van der Waals surface area contributed by atoms with Gasteiger partial charge in [0.1, 0.15) is 0 Å². The number of rotatable bonds is 4. The van der Waals surface area contributed by atoms with Gasteiger partial charge < -0.3 is 5.32 Å². The number of hydrogen-bond acceptors (Lipinski definition) is 2. The van der Waals surface area contributed by atoms with Crippen LogP contribution in [0.15, 0.2) is 54.7 Å². The second-order valence-corrected chi connectivity index (χ2v) is 5.01. The molecule has 0 aliphatic carbocycles. The molecule has 1 N–H and O–H groups in total. The van der Waals surface area contributed by atoms with Crippen molar-refractivity contribution in [2.24, 2.45) is 0 Å². The summed E-state index contributed by atoms with van der Waals surface area (Å²) in [5.41, 5.74) is 5.22. The minimum Gasteiger partial charge on any atom is -0.362 e. The fourth-order valence-electron chi connectivity index (χ4n) is 1.94. The third-order valence-electron chi connectivity index (χ3n) is 3.29. The zero-order valence-electron chi connectivity index (χ0n) is 12.1. The van der Waals surface area contributed by atoms with E-state index in [-0.39, 0.29) is 5.78 Å². The van der Waals surface area contributed by atoms with Crippen molar-refractivity contribution in [2.75, 3.05) is 5.32 Å². The molecule has 0 spiro atoms. The van der Waals surface area contributed by atoms with Crippen LogP contribution >= 0.6 is 0 Å². The maximum atomic E-state index is 12.0. The second-order valence-electron chi connectivity index (χ2n) is 5.01. The van der Waals surface area contributed by atoms with Crippen LogP contribution in [0.5, 0.6) is 0 Å². The molecule has 2 rings (SSSR count). The molecule has 0 fully saturated rings. The van der Waals surface area contributed by atoms with Gasteiger partial charge in [0, 0.05) is 23.5 Å². The Bertz CT molecular complexity index is 656. The Morgan fingerprint density at radius 1 is 1.00 bits per heavy atom. The van der Waals surface area contributed by atoms with Crippen molar-refractivity contribution in [1.29, 1.82) is 0 Å². The van der Waals surface area contributed by atoms with Crippen LogP contribution in [-0.2, 0) is 0 Å². The molecule has 0 aliphatic rings. The Kier molecular flexibility index (Phi) is 4.36. The number of anilines is 1. The first-order valence-electron chi connectivity index (χ1n) is 6.67. The fourth-order valence-corrected chi connectivity index (χ4v) is 1.94. The molecular weight excluding hydrogens is 246 g/mol. The first-order chi connectivity index (χ1) is 9.56. The lowest BCUT2D eigenvalue weighted by atomic mass is 10.0. The van der Waals surface area contributed by atoms with Crippen LogP contribution in [0.3, 0.4) is 0 Å². The lowest BCUT2D eigenvalue weighted by molar-refractivity contribution is 0.104. The van der Waals surface area contributed by atoms with Crippen molar-refractivity contribution in [1.82, 2.24) is 0 Å². The predicted molar refractivity (Wildman–Crippen MR) is 84.2 cm³/mol. The van der Waals surface area contributed by atoms with Gasteiger partial charge in [0.05, 0.1) is 0 Å². The monoisotopic (exact) mass is 265 g/mol. The fraction of sp³-hybridized carbons (Fsp3) is 0.167. The lowest BCUT2D eigenvalue weighted by Crippen LogP contribution is -1.97. The number of carbonyl (C=O) groups excluding carboxylic acids is 1. The predicted octanol–water partition coefficient (Wildman–Crippen LogP) is 4.42. The molecule has 2 aromatic carbocycles. The molecule has 0 heterocycles. The molecule has 2 nitrogen and oxygen atoms in total. The van der Waals surface area contributed by atoms with Gasteiger partial charge in [0.2, 0.25) is 0 Å². The molecule has 102 valence electrons. The number of ketones is 1.